The maximum Gasteiger partial charge on any atom is 0.167 e. The highest BCUT2D eigenvalue weighted by atomic mass is 16.3. The summed E-state index contributed by atoms with van der Waals surface area (Å²) in [6.07, 6.45) is 3.70. The molecular weight excluding hydrogens is 230 g/mol. The first-order chi connectivity index (χ1) is 8.70. The van der Waals surface area contributed by atoms with Crippen molar-refractivity contribution in [3.8, 4) is 11.4 Å². The third-order valence-corrected chi connectivity index (χ3v) is 3.78. The lowest BCUT2D eigenvalue weighted by atomic mass is 10.00. The molecule has 0 fully saturated rings. The molecule has 0 amide bonds. The van der Waals surface area contributed by atoms with Crippen LogP contribution in [0.1, 0.15) is 17.9 Å². The minimum Gasteiger partial charge on any atom is -0.396 e. The lowest BCUT2D eigenvalue weighted by Gasteiger charge is -2.22. The maximum absolute atomic E-state index is 9.30. The van der Waals surface area contributed by atoms with Gasteiger partial charge in [-0.2, -0.15) is 5.10 Å². The fraction of sp³-hybridized carbons (Fsp3) is 0.583. The lowest BCUT2D eigenvalue weighted by Crippen LogP contribution is -2.23. The lowest BCUT2D eigenvalue weighted by molar-refractivity contribution is 0.191. The molecule has 6 heteroatoms. The van der Waals surface area contributed by atoms with Gasteiger partial charge in [0.15, 0.2) is 5.82 Å². The van der Waals surface area contributed by atoms with Crippen molar-refractivity contribution in [1.29, 1.82) is 0 Å². The van der Waals surface area contributed by atoms with Crippen molar-refractivity contribution < 1.29 is 5.11 Å². The maximum atomic E-state index is 9.30. The Kier molecular flexibility index (Phi) is 2.66. The summed E-state index contributed by atoms with van der Waals surface area (Å²) in [4.78, 5) is 0. The van der Waals surface area contributed by atoms with E-state index < -0.39 is 0 Å². The molecule has 1 atom stereocenters. The van der Waals surface area contributed by atoms with Crippen LogP contribution in [-0.4, -0.2) is 36.3 Å². The molecule has 96 valence electrons. The third kappa shape index (κ3) is 1.64. The SMILES string of the molecule is Cc1c(-c2nnc3n2CC(CO)CC3)cnn1C. The number of hydrogen-bond donors (Lipinski definition) is 1. The van der Waals surface area contributed by atoms with E-state index in [9.17, 15) is 5.11 Å². The van der Waals surface area contributed by atoms with Crippen molar-refractivity contribution in [3.05, 3.63) is 17.7 Å². The van der Waals surface area contributed by atoms with Crippen molar-refractivity contribution in [3.63, 3.8) is 0 Å². The predicted molar refractivity (Wildman–Crippen MR) is 65.9 cm³/mol. The van der Waals surface area contributed by atoms with Crippen molar-refractivity contribution >= 4 is 0 Å². The first kappa shape index (κ1) is 11.4. The van der Waals surface area contributed by atoms with E-state index in [4.69, 9.17) is 0 Å². The van der Waals surface area contributed by atoms with Crippen LogP contribution < -0.4 is 0 Å². The van der Waals surface area contributed by atoms with E-state index in [1.54, 1.807) is 0 Å². The Balaban J connectivity index is 2.04. The Labute approximate surface area is 105 Å². The molecule has 3 heterocycles. The highest BCUT2D eigenvalue weighted by molar-refractivity contribution is 5.57. The van der Waals surface area contributed by atoms with E-state index in [1.165, 1.54) is 0 Å². The number of aliphatic hydroxyl groups excluding tert-OH is 1. The number of aliphatic hydroxyl groups is 1. The summed E-state index contributed by atoms with van der Waals surface area (Å²) < 4.78 is 3.96. The minimum absolute atomic E-state index is 0.225. The molecule has 6 nitrogen and oxygen atoms in total. The van der Waals surface area contributed by atoms with Gasteiger partial charge in [-0.05, 0) is 13.3 Å². The van der Waals surface area contributed by atoms with Crippen LogP contribution in [0.2, 0.25) is 0 Å². The number of aromatic nitrogens is 5. The Morgan fingerprint density at radius 2 is 2.28 bits per heavy atom. The summed E-state index contributed by atoms with van der Waals surface area (Å²) in [6.45, 7) is 3.04. The Bertz CT molecular complexity index is 571. The molecule has 3 rings (SSSR count). The van der Waals surface area contributed by atoms with Crippen LogP contribution in [0.4, 0.5) is 0 Å². The zero-order valence-electron chi connectivity index (χ0n) is 10.7. The van der Waals surface area contributed by atoms with Gasteiger partial charge in [-0.25, -0.2) is 0 Å². The summed E-state index contributed by atoms with van der Waals surface area (Å²) in [7, 11) is 1.92. The zero-order valence-corrected chi connectivity index (χ0v) is 10.7. The molecular formula is C12H17N5O. The van der Waals surface area contributed by atoms with E-state index in [-0.39, 0.29) is 6.61 Å². The first-order valence-electron chi connectivity index (χ1n) is 6.22. The molecule has 1 aliphatic rings. The van der Waals surface area contributed by atoms with Crippen molar-refractivity contribution in [2.75, 3.05) is 6.61 Å². The van der Waals surface area contributed by atoms with Gasteiger partial charge in [-0.3, -0.25) is 4.68 Å². The molecule has 18 heavy (non-hydrogen) atoms. The fourth-order valence-electron chi connectivity index (χ4n) is 2.46. The van der Waals surface area contributed by atoms with Crippen molar-refractivity contribution in [2.24, 2.45) is 13.0 Å². The van der Waals surface area contributed by atoms with Gasteiger partial charge >= 0.3 is 0 Å². The average molecular weight is 247 g/mol. The van der Waals surface area contributed by atoms with Gasteiger partial charge in [0.1, 0.15) is 5.82 Å². The molecule has 2 aromatic rings. The number of rotatable bonds is 2. The van der Waals surface area contributed by atoms with Gasteiger partial charge in [0, 0.05) is 38.2 Å². The smallest absolute Gasteiger partial charge is 0.167 e. The van der Waals surface area contributed by atoms with Gasteiger partial charge in [0.05, 0.1) is 11.8 Å². The Hall–Kier alpha value is -1.69. The Morgan fingerprint density at radius 1 is 1.44 bits per heavy atom. The quantitative estimate of drug-likeness (QED) is 0.841. The van der Waals surface area contributed by atoms with Crippen LogP contribution in [0.3, 0.4) is 0 Å². The number of fused-ring (bicyclic) bond motifs is 1. The van der Waals surface area contributed by atoms with E-state index in [2.05, 4.69) is 19.9 Å². The minimum atomic E-state index is 0.225. The van der Waals surface area contributed by atoms with E-state index >= 15 is 0 Å². The number of nitrogens with zero attached hydrogens (tertiary/aromatic N) is 5. The molecule has 0 aromatic carbocycles. The normalized spacial score (nSPS) is 18.9. The average Bonchev–Trinajstić information content (AvgIpc) is 2.94. The molecule has 0 saturated heterocycles. The molecule has 0 bridgehead atoms. The van der Waals surface area contributed by atoms with Crippen molar-refractivity contribution in [2.45, 2.75) is 26.3 Å². The van der Waals surface area contributed by atoms with Crippen LogP contribution in [0.25, 0.3) is 11.4 Å². The second kappa shape index (κ2) is 4.20. The van der Waals surface area contributed by atoms with Gasteiger partial charge in [-0.15, -0.1) is 10.2 Å². The summed E-state index contributed by atoms with van der Waals surface area (Å²) in [6, 6.07) is 0. The summed E-state index contributed by atoms with van der Waals surface area (Å²) >= 11 is 0. The summed E-state index contributed by atoms with van der Waals surface area (Å²) in [5.41, 5.74) is 2.10. The van der Waals surface area contributed by atoms with E-state index in [1.807, 2.05) is 24.9 Å². The topological polar surface area (TPSA) is 68.8 Å². The second-order valence-electron chi connectivity index (χ2n) is 4.90. The molecule has 0 aliphatic carbocycles. The van der Waals surface area contributed by atoms with Crippen LogP contribution in [-0.2, 0) is 20.0 Å². The van der Waals surface area contributed by atoms with E-state index in [0.717, 1.165) is 42.3 Å². The van der Waals surface area contributed by atoms with Gasteiger partial charge < -0.3 is 9.67 Å². The van der Waals surface area contributed by atoms with Crippen LogP contribution in [0, 0.1) is 12.8 Å². The van der Waals surface area contributed by atoms with Crippen molar-refractivity contribution in [1.82, 2.24) is 24.5 Å². The highest BCUT2D eigenvalue weighted by Crippen LogP contribution is 2.26. The fourth-order valence-corrected chi connectivity index (χ4v) is 2.46. The molecule has 0 radical (unpaired) electrons. The molecule has 0 spiro atoms. The zero-order chi connectivity index (χ0) is 12.7. The molecule has 0 saturated carbocycles. The van der Waals surface area contributed by atoms with Gasteiger partial charge in [-0.1, -0.05) is 0 Å². The summed E-state index contributed by atoms with van der Waals surface area (Å²) in [5.74, 6) is 2.19. The monoisotopic (exact) mass is 247 g/mol. The van der Waals surface area contributed by atoms with Crippen LogP contribution in [0.15, 0.2) is 6.20 Å². The third-order valence-electron chi connectivity index (χ3n) is 3.78. The number of hydrogen-bond acceptors (Lipinski definition) is 4. The second-order valence-corrected chi connectivity index (χ2v) is 4.90. The molecule has 1 N–H and O–H groups in total. The van der Waals surface area contributed by atoms with E-state index in [0.29, 0.717) is 5.92 Å². The summed E-state index contributed by atoms with van der Waals surface area (Å²) in [5, 5.41) is 22.1. The van der Waals surface area contributed by atoms with Crippen LogP contribution >= 0.6 is 0 Å². The standard InChI is InChI=1S/C12H17N5O/c1-8-10(5-13-16(8)2)12-15-14-11-4-3-9(7-18)6-17(11)12/h5,9,18H,3-4,6-7H2,1-2H3. The molecule has 1 unspecified atom stereocenters. The predicted octanol–water partition coefficient (Wildman–Crippen LogP) is 0.542. The molecule has 2 aromatic heterocycles. The molecule has 1 aliphatic heterocycles. The Morgan fingerprint density at radius 3 is 2.94 bits per heavy atom. The van der Waals surface area contributed by atoms with Gasteiger partial charge in [0.25, 0.3) is 0 Å². The van der Waals surface area contributed by atoms with Crippen LogP contribution in [0.5, 0.6) is 0 Å². The first-order valence-corrected chi connectivity index (χ1v) is 6.22. The largest absolute Gasteiger partial charge is 0.396 e. The number of aryl methyl sites for hydroxylation is 2. The van der Waals surface area contributed by atoms with Gasteiger partial charge in [0.2, 0.25) is 0 Å². The highest BCUT2D eigenvalue weighted by Gasteiger charge is 2.24.